The molecule has 0 amide bonds. The summed E-state index contributed by atoms with van der Waals surface area (Å²) in [4.78, 5) is 9.90. The van der Waals surface area contributed by atoms with Crippen LogP contribution in [0, 0.1) is 0 Å². The Morgan fingerprint density at radius 3 is 2.78 bits per heavy atom. The predicted octanol–water partition coefficient (Wildman–Crippen LogP) is -0.645. The quantitative estimate of drug-likeness (QED) is 0.444. The van der Waals surface area contributed by atoms with Crippen LogP contribution in [0.3, 0.4) is 0 Å². The van der Waals surface area contributed by atoms with E-state index in [-0.39, 0.29) is 12.7 Å². The van der Waals surface area contributed by atoms with Crippen molar-refractivity contribution in [3.05, 3.63) is 0 Å². The van der Waals surface area contributed by atoms with E-state index in [1.807, 2.05) is 6.92 Å². The van der Waals surface area contributed by atoms with Crippen molar-refractivity contribution in [2.75, 3.05) is 6.54 Å². The highest BCUT2D eigenvalue weighted by atomic mass is 16.4. The summed E-state index contributed by atoms with van der Waals surface area (Å²) < 4.78 is 0. The number of carboxylic acid groups (broad SMARTS) is 1. The molecule has 0 aliphatic rings. The lowest BCUT2D eigenvalue weighted by atomic mass is 10.4. The molecule has 4 heteroatoms. The third-order valence-corrected chi connectivity index (χ3v) is 0.955. The van der Waals surface area contributed by atoms with E-state index in [1.54, 1.807) is 0 Å². The van der Waals surface area contributed by atoms with Crippen molar-refractivity contribution < 1.29 is 9.90 Å². The fourth-order valence-corrected chi connectivity index (χ4v) is 0.363. The molecule has 0 aromatic carbocycles. The first-order valence-corrected chi connectivity index (χ1v) is 2.87. The van der Waals surface area contributed by atoms with Crippen molar-refractivity contribution in [1.82, 2.24) is 5.32 Å². The van der Waals surface area contributed by atoms with Gasteiger partial charge in [-0.05, 0) is 6.42 Å². The molecular formula is C5H12N2O2. The number of nitrogens with two attached hydrogens (primary N) is 1. The van der Waals surface area contributed by atoms with Crippen LogP contribution in [0.15, 0.2) is 0 Å². The summed E-state index contributed by atoms with van der Waals surface area (Å²) in [6.45, 7) is 1.83. The Labute approximate surface area is 54.0 Å². The Balaban J connectivity index is 3.16. The number of nitrogens with one attached hydrogen (secondary N) is 1. The zero-order valence-corrected chi connectivity index (χ0v) is 5.42. The minimum atomic E-state index is -0.876. The van der Waals surface area contributed by atoms with E-state index >= 15 is 0 Å². The average molecular weight is 132 g/mol. The highest BCUT2D eigenvalue weighted by molar-refractivity contribution is 5.69. The second-order valence-corrected chi connectivity index (χ2v) is 1.79. The normalized spacial score (nSPS) is 13.1. The van der Waals surface area contributed by atoms with Crippen molar-refractivity contribution in [2.45, 2.75) is 19.5 Å². The maximum atomic E-state index is 9.90. The van der Waals surface area contributed by atoms with Gasteiger partial charge in [-0.3, -0.25) is 10.1 Å². The molecule has 0 saturated carbocycles. The standard InChI is InChI=1S/C5H12N2O2/c1-2-4(6)7-3-5(8)9/h4,7H,2-3,6H2,1H3,(H,8,9). The molecule has 0 rings (SSSR count). The Hall–Kier alpha value is -0.610. The molecule has 1 atom stereocenters. The van der Waals surface area contributed by atoms with E-state index < -0.39 is 5.97 Å². The van der Waals surface area contributed by atoms with Gasteiger partial charge in [0.05, 0.1) is 12.7 Å². The molecule has 0 aromatic rings. The van der Waals surface area contributed by atoms with Gasteiger partial charge in [0.25, 0.3) is 0 Å². The zero-order valence-electron chi connectivity index (χ0n) is 5.42. The van der Waals surface area contributed by atoms with Crippen molar-refractivity contribution in [1.29, 1.82) is 0 Å². The van der Waals surface area contributed by atoms with Gasteiger partial charge in [0.1, 0.15) is 0 Å². The summed E-state index contributed by atoms with van der Waals surface area (Å²) >= 11 is 0. The van der Waals surface area contributed by atoms with E-state index in [4.69, 9.17) is 10.8 Å². The number of hydrogen-bond acceptors (Lipinski definition) is 3. The van der Waals surface area contributed by atoms with Crippen LogP contribution in [-0.4, -0.2) is 23.8 Å². The number of carbonyl (C=O) groups is 1. The molecule has 54 valence electrons. The number of aliphatic carboxylic acids is 1. The lowest BCUT2D eigenvalue weighted by Crippen LogP contribution is -2.39. The van der Waals surface area contributed by atoms with Crippen LogP contribution >= 0.6 is 0 Å². The van der Waals surface area contributed by atoms with Crippen LogP contribution in [0.1, 0.15) is 13.3 Å². The summed E-state index contributed by atoms with van der Waals surface area (Å²) in [5, 5.41) is 10.7. The fourth-order valence-electron chi connectivity index (χ4n) is 0.363. The van der Waals surface area contributed by atoms with Crippen molar-refractivity contribution in [3.8, 4) is 0 Å². The average Bonchev–Trinajstić information content (AvgIpc) is 1.83. The smallest absolute Gasteiger partial charge is 0.317 e. The van der Waals surface area contributed by atoms with Crippen molar-refractivity contribution >= 4 is 5.97 Å². The molecule has 0 radical (unpaired) electrons. The van der Waals surface area contributed by atoms with E-state index in [0.717, 1.165) is 6.42 Å². The lowest BCUT2D eigenvalue weighted by molar-refractivity contribution is -0.136. The molecule has 4 nitrogen and oxygen atoms in total. The lowest BCUT2D eigenvalue weighted by Gasteiger charge is -2.07. The molecule has 1 unspecified atom stereocenters. The molecular weight excluding hydrogens is 120 g/mol. The Bertz CT molecular complexity index is 95.0. The molecule has 4 N–H and O–H groups in total. The van der Waals surface area contributed by atoms with Gasteiger partial charge in [0, 0.05) is 0 Å². The molecule has 0 aliphatic carbocycles. The highest BCUT2D eigenvalue weighted by Gasteiger charge is 1.99. The molecule has 0 spiro atoms. The number of carboxylic acids is 1. The van der Waals surface area contributed by atoms with Crippen LogP contribution in [0.4, 0.5) is 0 Å². The van der Waals surface area contributed by atoms with Gasteiger partial charge in [-0.2, -0.15) is 0 Å². The van der Waals surface area contributed by atoms with E-state index in [9.17, 15) is 4.79 Å². The van der Waals surface area contributed by atoms with Crippen molar-refractivity contribution in [2.24, 2.45) is 5.73 Å². The first kappa shape index (κ1) is 8.39. The molecule has 0 fully saturated rings. The zero-order chi connectivity index (χ0) is 7.28. The van der Waals surface area contributed by atoms with Gasteiger partial charge in [-0.25, -0.2) is 0 Å². The molecule has 0 aliphatic heterocycles. The van der Waals surface area contributed by atoms with Gasteiger partial charge < -0.3 is 10.8 Å². The largest absolute Gasteiger partial charge is 0.480 e. The van der Waals surface area contributed by atoms with Gasteiger partial charge in [0.2, 0.25) is 0 Å². The first-order valence-electron chi connectivity index (χ1n) is 2.87. The third kappa shape index (κ3) is 5.26. The van der Waals surface area contributed by atoms with Crippen LogP contribution in [0.5, 0.6) is 0 Å². The minimum absolute atomic E-state index is 0.0605. The predicted molar refractivity (Wildman–Crippen MR) is 33.9 cm³/mol. The van der Waals surface area contributed by atoms with E-state index in [0.29, 0.717) is 0 Å². The summed E-state index contributed by atoms with van der Waals surface area (Å²) in [6.07, 6.45) is 0.550. The van der Waals surface area contributed by atoms with Gasteiger partial charge >= 0.3 is 5.97 Å². The first-order chi connectivity index (χ1) is 4.16. The van der Waals surface area contributed by atoms with E-state index in [1.165, 1.54) is 0 Å². The summed E-state index contributed by atoms with van der Waals surface area (Å²) in [7, 11) is 0. The SMILES string of the molecule is CCC(N)NCC(=O)O. The van der Waals surface area contributed by atoms with E-state index in [2.05, 4.69) is 5.32 Å². The highest BCUT2D eigenvalue weighted by Crippen LogP contribution is 1.77. The Morgan fingerprint density at radius 2 is 2.44 bits per heavy atom. The summed E-state index contributed by atoms with van der Waals surface area (Å²) in [5.74, 6) is -0.876. The van der Waals surface area contributed by atoms with Crippen LogP contribution in [0.25, 0.3) is 0 Å². The number of hydrogen-bond donors (Lipinski definition) is 3. The number of rotatable bonds is 4. The molecule has 0 saturated heterocycles. The molecule has 0 aromatic heterocycles. The third-order valence-electron chi connectivity index (χ3n) is 0.955. The maximum absolute atomic E-state index is 9.90. The topological polar surface area (TPSA) is 75.3 Å². The Kier molecular flexibility index (Phi) is 4.00. The second kappa shape index (κ2) is 4.29. The van der Waals surface area contributed by atoms with Crippen LogP contribution in [0.2, 0.25) is 0 Å². The summed E-state index contributed by atoms with van der Waals surface area (Å²) in [5.41, 5.74) is 5.35. The summed E-state index contributed by atoms with van der Waals surface area (Å²) in [6, 6.07) is 0. The van der Waals surface area contributed by atoms with Crippen LogP contribution < -0.4 is 11.1 Å². The molecule has 0 heterocycles. The maximum Gasteiger partial charge on any atom is 0.317 e. The molecule has 0 bridgehead atoms. The monoisotopic (exact) mass is 132 g/mol. The molecule has 9 heavy (non-hydrogen) atoms. The Morgan fingerprint density at radius 1 is 1.89 bits per heavy atom. The van der Waals surface area contributed by atoms with Gasteiger partial charge in [-0.15, -0.1) is 0 Å². The van der Waals surface area contributed by atoms with Gasteiger partial charge in [0.15, 0.2) is 0 Å². The van der Waals surface area contributed by atoms with Gasteiger partial charge in [-0.1, -0.05) is 6.92 Å². The second-order valence-electron chi connectivity index (χ2n) is 1.79. The van der Waals surface area contributed by atoms with Crippen LogP contribution in [-0.2, 0) is 4.79 Å². The minimum Gasteiger partial charge on any atom is -0.480 e. The fraction of sp³-hybridized carbons (Fsp3) is 0.800. The van der Waals surface area contributed by atoms with Crippen molar-refractivity contribution in [3.63, 3.8) is 0 Å².